The molecule has 1 aromatic heterocycles. The smallest absolute Gasteiger partial charge is 0.246 e. The highest BCUT2D eigenvalue weighted by molar-refractivity contribution is 7.89. The van der Waals surface area contributed by atoms with Crippen molar-refractivity contribution in [3.8, 4) is 0 Å². The summed E-state index contributed by atoms with van der Waals surface area (Å²) in [6.45, 7) is 8.51. The van der Waals surface area contributed by atoms with E-state index in [1.54, 1.807) is 20.8 Å². The molecule has 0 amide bonds. The summed E-state index contributed by atoms with van der Waals surface area (Å²) in [5.41, 5.74) is -0.783. The Morgan fingerprint density at radius 2 is 2.05 bits per heavy atom. The van der Waals surface area contributed by atoms with Crippen LogP contribution < -0.4 is 4.72 Å². The Hall–Kier alpha value is -0.920. The number of sulfonamides is 1. The molecule has 19 heavy (non-hydrogen) atoms. The quantitative estimate of drug-likeness (QED) is 0.825. The molecule has 0 bridgehead atoms. The van der Waals surface area contributed by atoms with Crippen LogP contribution in [-0.4, -0.2) is 30.8 Å². The summed E-state index contributed by atoms with van der Waals surface area (Å²) in [4.78, 5) is 0.0486. The van der Waals surface area contributed by atoms with Crippen LogP contribution in [0.2, 0.25) is 0 Å². The van der Waals surface area contributed by atoms with E-state index in [1.807, 2.05) is 13.8 Å². The van der Waals surface area contributed by atoms with Crippen LogP contribution in [0.4, 0.5) is 0 Å². The van der Waals surface area contributed by atoms with E-state index >= 15 is 0 Å². The monoisotopic (exact) mass is 290 g/mol. The first-order chi connectivity index (χ1) is 8.62. The predicted octanol–water partition coefficient (Wildman–Crippen LogP) is 1.37. The minimum absolute atomic E-state index is 0.0140. The molecule has 0 aliphatic carbocycles. The lowest BCUT2D eigenvalue weighted by Gasteiger charge is -2.29. The second kappa shape index (κ2) is 5.60. The lowest BCUT2D eigenvalue weighted by atomic mass is 9.89. The van der Waals surface area contributed by atoms with Gasteiger partial charge in [0, 0.05) is 6.54 Å². The SMILES string of the molecule is CCC(C)C(C)(O)CNS(=O)(=O)c1c(C)noc1C. The Morgan fingerprint density at radius 1 is 1.47 bits per heavy atom. The summed E-state index contributed by atoms with van der Waals surface area (Å²) in [5, 5.41) is 13.8. The van der Waals surface area contributed by atoms with Gasteiger partial charge in [-0.3, -0.25) is 0 Å². The van der Waals surface area contributed by atoms with E-state index in [9.17, 15) is 13.5 Å². The van der Waals surface area contributed by atoms with Crippen LogP contribution >= 0.6 is 0 Å². The largest absolute Gasteiger partial charge is 0.389 e. The van der Waals surface area contributed by atoms with Crippen molar-refractivity contribution in [2.75, 3.05) is 6.54 Å². The highest BCUT2D eigenvalue weighted by Gasteiger charge is 2.31. The highest BCUT2D eigenvalue weighted by atomic mass is 32.2. The second-order valence-electron chi connectivity index (χ2n) is 5.14. The molecule has 1 rings (SSSR count). The maximum absolute atomic E-state index is 12.2. The Bertz CT molecular complexity index is 514. The van der Waals surface area contributed by atoms with Crippen molar-refractivity contribution in [2.24, 2.45) is 5.92 Å². The van der Waals surface area contributed by atoms with Crippen molar-refractivity contribution in [1.82, 2.24) is 9.88 Å². The molecule has 0 saturated carbocycles. The fourth-order valence-electron chi connectivity index (χ4n) is 1.79. The summed E-state index contributed by atoms with van der Waals surface area (Å²) in [6.07, 6.45) is 0.764. The number of hydrogen-bond acceptors (Lipinski definition) is 5. The van der Waals surface area contributed by atoms with Gasteiger partial charge in [0.25, 0.3) is 0 Å². The van der Waals surface area contributed by atoms with Crippen LogP contribution in [0, 0.1) is 19.8 Å². The van der Waals surface area contributed by atoms with Gasteiger partial charge in [-0.15, -0.1) is 0 Å². The lowest BCUT2D eigenvalue weighted by Crippen LogP contribution is -2.45. The van der Waals surface area contributed by atoms with E-state index < -0.39 is 15.6 Å². The summed E-state index contributed by atoms with van der Waals surface area (Å²) >= 11 is 0. The molecule has 7 heteroatoms. The molecule has 6 nitrogen and oxygen atoms in total. The van der Waals surface area contributed by atoms with E-state index in [4.69, 9.17) is 4.52 Å². The van der Waals surface area contributed by atoms with Crippen molar-refractivity contribution in [2.45, 2.75) is 51.5 Å². The van der Waals surface area contributed by atoms with Gasteiger partial charge in [-0.2, -0.15) is 0 Å². The molecular weight excluding hydrogens is 268 g/mol. The van der Waals surface area contributed by atoms with E-state index in [0.717, 1.165) is 6.42 Å². The van der Waals surface area contributed by atoms with Gasteiger partial charge < -0.3 is 9.63 Å². The Balaban J connectivity index is 2.89. The maximum atomic E-state index is 12.2. The molecular formula is C12H22N2O4S. The average Bonchev–Trinajstić information content (AvgIpc) is 2.66. The molecule has 0 radical (unpaired) electrons. The van der Waals surface area contributed by atoms with Crippen LogP contribution in [0.25, 0.3) is 0 Å². The number of aromatic nitrogens is 1. The van der Waals surface area contributed by atoms with Crippen molar-refractivity contribution < 1.29 is 18.0 Å². The number of aliphatic hydroxyl groups is 1. The zero-order chi connectivity index (χ0) is 14.8. The first-order valence-electron chi connectivity index (χ1n) is 6.26. The van der Waals surface area contributed by atoms with E-state index in [1.165, 1.54) is 0 Å². The number of nitrogens with one attached hydrogen (secondary N) is 1. The van der Waals surface area contributed by atoms with Crippen LogP contribution in [0.1, 0.15) is 38.6 Å². The molecule has 0 aliphatic rings. The van der Waals surface area contributed by atoms with Crippen LogP contribution in [0.5, 0.6) is 0 Å². The molecule has 1 aromatic rings. The predicted molar refractivity (Wildman–Crippen MR) is 71.2 cm³/mol. The van der Waals surface area contributed by atoms with Gasteiger partial charge in [0.05, 0.1) is 5.60 Å². The molecule has 2 unspecified atom stereocenters. The molecule has 2 atom stereocenters. The van der Waals surface area contributed by atoms with E-state index in [2.05, 4.69) is 9.88 Å². The van der Waals surface area contributed by atoms with Crippen LogP contribution in [0.15, 0.2) is 9.42 Å². The minimum Gasteiger partial charge on any atom is -0.389 e. The number of rotatable bonds is 6. The normalized spacial score (nSPS) is 17.2. The van der Waals surface area contributed by atoms with Gasteiger partial charge in [0.2, 0.25) is 10.0 Å². The highest BCUT2D eigenvalue weighted by Crippen LogP contribution is 2.22. The zero-order valence-corrected chi connectivity index (χ0v) is 12.8. The Morgan fingerprint density at radius 3 is 2.47 bits per heavy atom. The van der Waals surface area contributed by atoms with Gasteiger partial charge in [0.1, 0.15) is 10.6 Å². The van der Waals surface area contributed by atoms with E-state index in [0.29, 0.717) is 5.69 Å². The van der Waals surface area contributed by atoms with Gasteiger partial charge in [-0.25, -0.2) is 13.1 Å². The third kappa shape index (κ3) is 3.55. The van der Waals surface area contributed by atoms with Gasteiger partial charge in [0.15, 0.2) is 5.76 Å². The molecule has 0 saturated heterocycles. The molecule has 0 fully saturated rings. The minimum atomic E-state index is -3.72. The van der Waals surface area contributed by atoms with Gasteiger partial charge in [-0.05, 0) is 26.7 Å². The fraction of sp³-hybridized carbons (Fsp3) is 0.750. The van der Waals surface area contributed by atoms with Gasteiger partial charge in [-0.1, -0.05) is 25.4 Å². The molecule has 0 aliphatic heterocycles. The summed E-state index contributed by atoms with van der Waals surface area (Å²) < 4.78 is 31.6. The van der Waals surface area contributed by atoms with Gasteiger partial charge >= 0.3 is 0 Å². The summed E-state index contributed by atoms with van der Waals surface area (Å²) in [6, 6.07) is 0. The molecule has 0 aromatic carbocycles. The number of hydrogen-bond donors (Lipinski definition) is 2. The first kappa shape index (κ1) is 16.1. The molecule has 2 N–H and O–H groups in total. The fourth-order valence-corrected chi connectivity index (χ4v) is 3.25. The zero-order valence-electron chi connectivity index (χ0n) is 12.0. The van der Waals surface area contributed by atoms with Crippen LogP contribution in [0.3, 0.4) is 0 Å². The number of aryl methyl sites for hydroxylation is 2. The molecule has 0 spiro atoms. The molecule has 1 heterocycles. The Labute approximate surface area is 114 Å². The van der Waals surface area contributed by atoms with Crippen molar-refractivity contribution >= 4 is 10.0 Å². The first-order valence-corrected chi connectivity index (χ1v) is 7.75. The standard InChI is InChI=1S/C12H22N2O4S/c1-6-8(2)12(5,15)7-13-19(16,17)11-9(3)14-18-10(11)4/h8,13,15H,6-7H2,1-5H3. The number of nitrogens with zero attached hydrogens (tertiary/aromatic N) is 1. The van der Waals surface area contributed by atoms with Crippen molar-refractivity contribution in [3.05, 3.63) is 11.5 Å². The van der Waals surface area contributed by atoms with Crippen molar-refractivity contribution in [1.29, 1.82) is 0 Å². The summed E-state index contributed by atoms with van der Waals surface area (Å²) in [5.74, 6) is 0.230. The topological polar surface area (TPSA) is 92.4 Å². The lowest BCUT2D eigenvalue weighted by molar-refractivity contribution is 0.0102. The second-order valence-corrected chi connectivity index (χ2v) is 6.85. The van der Waals surface area contributed by atoms with Crippen molar-refractivity contribution in [3.63, 3.8) is 0 Å². The third-order valence-corrected chi connectivity index (χ3v) is 5.18. The van der Waals surface area contributed by atoms with Crippen LogP contribution in [-0.2, 0) is 10.0 Å². The molecule has 110 valence electrons. The Kier molecular flexibility index (Phi) is 4.76. The average molecular weight is 290 g/mol. The summed E-state index contributed by atoms with van der Waals surface area (Å²) in [7, 11) is -3.72. The maximum Gasteiger partial charge on any atom is 0.246 e. The third-order valence-electron chi connectivity index (χ3n) is 3.53. The van der Waals surface area contributed by atoms with E-state index in [-0.39, 0.29) is 23.1 Å².